The van der Waals surface area contributed by atoms with Crippen molar-refractivity contribution < 1.29 is 14.2 Å². The molecule has 1 atom stereocenters. The van der Waals surface area contributed by atoms with Crippen LogP contribution < -0.4 is 4.74 Å². The lowest BCUT2D eigenvalue weighted by atomic mass is 10.1. The molecule has 0 amide bonds. The number of aliphatic hydroxyl groups is 1. The van der Waals surface area contributed by atoms with E-state index in [1.807, 2.05) is 19.1 Å². The Kier molecular flexibility index (Phi) is 4.33. The van der Waals surface area contributed by atoms with Crippen LogP contribution >= 0.6 is 11.3 Å². The molecule has 18 heavy (non-hydrogen) atoms. The van der Waals surface area contributed by atoms with Crippen molar-refractivity contribution in [3.05, 3.63) is 52.0 Å². The molecule has 0 bridgehead atoms. The molecule has 0 radical (unpaired) electrons. The zero-order valence-electron chi connectivity index (χ0n) is 10.1. The standard InChI is InChI=1S/C14H15FO2S/c1-10-6-7-14(18-10)11(8-16)9-17-13-5-3-2-4-12(13)15/h2-7,11,16H,8-9H2,1H3. The summed E-state index contributed by atoms with van der Waals surface area (Å²) < 4.78 is 18.8. The lowest BCUT2D eigenvalue weighted by molar-refractivity contribution is 0.202. The van der Waals surface area contributed by atoms with Crippen LogP contribution in [0, 0.1) is 12.7 Å². The van der Waals surface area contributed by atoms with Crippen LogP contribution in [0.1, 0.15) is 15.7 Å². The van der Waals surface area contributed by atoms with Crippen molar-refractivity contribution in [2.75, 3.05) is 13.2 Å². The van der Waals surface area contributed by atoms with Crippen molar-refractivity contribution in [2.45, 2.75) is 12.8 Å². The number of halogens is 1. The summed E-state index contributed by atoms with van der Waals surface area (Å²) in [6, 6.07) is 10.3. The summed E-state index contributed by atoms with van der Waals surface area (Å²) in [5.41, 5.74) is 0. The number of rotatable bonds is 5. The van der Waals surface area contributed by atoms with Crippen molar-refractivity contribution in [3.8, 4) is 5.75 Å². The Labute approximate surface area is 110 Å². The first kappa shape index (κ1) is 13.1. The van der Waals surface area contributed by atoms with Crippen LogP contribution in [-0.2, 0) is 0 Å². The van der Waals surface area contributed by atoms with E-state index in [9.17, 15) is 9.50 Å². The maximum Gasteiger partial charge on any atom is 0.165 e. The van der Waals surface area contributed by atoms with Gasteiger partial charge in [-0.1, -0.05) is 12.1 Å². The highest BCUT2D eigenvalue weighted by molar-refractivity contribution is 7.12. The molecule has 1 aromatic heterocycles. The van der Waals surface area contributed by atoms with Crippen LogP contribution in [0.3, 0.4) is 0 Å². The summed E-state index contributed by atoms with van der Waals surface area (Å²) in [6.45, 7) is 2.28. The fourth-order valence-electron chi connectivity index (χ4n) is 1.65. The number of para-hydroxylation sites is 1. The minimum Gasteiger partial charge on any atom is -0.490 e. The Morgan fingerprint density at radius 3 is 2.67 bits per heavy atom. The fourth-order valence-corrected chi connectivity index (χ4v) is 2.60. The van der Waals surface area contributed by atoms with E-state index in [0.29, 0.717) is 0 Å². The zero-order valence-corrected chi connectivity index (χ0v) is 10.9. The van der Waals surface area contributed by atoms with Gasteiger partial charge in [0.2, 0.25) is 0 Å². The van der Waals surface area contributed by atoms with Crippen LogP contribution in [0.4, 0.5) is 4.39 Å². The lowest BCUT2D eigenvalue weighted by Crippen LogP contribution is -2.13. The third-order valence-corrected chi connectivity index (χ3v) is 3.82. The summed E-state index contributed by atoms with van der Waals surface area (Å²) in [6.07, 6.45) is 0. The molecule has 0 spiro atoms. The molecule has 2 rings (SSSR count). The van der Waals surface area contributed by atoms with Crippen LogP contribution in [-0.4, -0.2) is 18.3 Å². The predicted molar refractivity (Wildman–Crippen MR) is 70.8 cm³/mol. The van der Waals surface area contributed by atoms with Crippen LogP contribution in [0.2, 0.25) is 0 Å². The van der Waals surface area contributed by atoms with Crippen LogP contribution in [0.25, 0.3) is 0 Å². The van der Waals surface area contributed by atoms with Gasteiger partial charge in [-0.2, -0.15) is 0 Å². The fraction of sp³-hybridized carbons (Fsp3) is 0.286. The third kappa shape index (κ3) is 3.09. The molecule has 0 saturated carbocycles. The summed E-state index contributed by atoms with van der Waals surface area (Å²) >= 11 is 1.63. The van der Waals surface area contributed by atoms with Crippen molar-refractivity contribution >= 4 is 11.3 Å². The number of hydrogen-bond donors (Lipinski definition) is 1. The molecule has 0 saturated heterocycles. The maximum absolute atomic E-state index is 13.4. The van der Waals surface area contributed by atoms with E-state index in [-0.39, 0.29) is 30.7 Å². The first-order valence-electron chi connectivity index (χ1n) is 5.75. The summed E-state index contributed by atoms with van der Waals surface area (Å²) in [4.78, 5) is 2.25. The van der Waals surface area contributed by atoms with E-state index in [1.54, 1.807) is 29.5 Å². The third-order valence-electron chi connectivity index (χ3n) is 2.66. The molecular weight excluding hydrogens is 251 g/mol. The number of ether oxygens (including phenoxy) is 1. The zero-order chi connectivity index (χ0) is 13.0. The molecule has 96 valence electrons. The van der Waals surface area contributed by atoms with E-state index in [4.69, 9.17) is 4.74 Å². The highest BCUT2D eigenvalue weighted by Gasteiger charge is 2.14. The molecule has 0 fully saturated rings. The highest BCUT2D eigenvalue weighted by Crippen LogP contribution is 2.25. The number of aryl methyl sites for hydroxylation is 1. The largest absolute Gasteiger partial charge is 0.490 e. The number of hydrogen-bond acceptors (Lipinski definition) is 3. The van der Waals surface area contributed by atoms with Gasteiger partial charge in [-0.3, -0.25) is 0 Å². The Bertz CT molecular complexity index is 510. The second-order valence-corrected chi connectivity index (χ2v) is 5.39. The van der Waals surface area contributed by atoms with E-state index in [2.05, 4.69) is 0 Å². The quantitative estimate of drug-likeness (QED) is 0.899. The average Bonchev–Trinajstić information content (AvgIpc) is 2.79. The van der Waals surface area contributed by atoms with Crippen molar-refractivity contribution in [3.63, 3.8) is 0 Å². The number of aliphatic hydroxyl groups excluding tert-OH is 1. The second kappa shape index (κ2) is 5.98. The summed E-state index contributed by atoms with van der Waals surface area (Å²) in [5, 5.41) is 9.37. The van der Waals surface area contributed by atoms with Crippen molar-refractivity contribution in [1.82, 2.24) is 0 Å². The van der Waals surface area contributed by atoms with E-state index in [0.717, 1.165) is 4.88 Å². The first-order chi connectivity index (χ1) is 8.70. The van der Waals surface area contributed by atoms with Gasteiger partial charge in [0.1, 0.15) is 0 Å². The Morgan fingerprint density at radius 2 is 2.06 bits per heavy atom. The lowest BCUT2D eigenvalue weighted by Gasteiger charge is -2.14. The van der Waals surface area contributed by atoms with E-state index in [1.165, 1.54) is 10.9 Å². The van der Waals surface area contributed by atoms with Gasteiger partial charge in [0.25, 0.3) is 0 Å². The van der Waals surface area contributed by atoms with Gasteiger partial charge in [0.15, 0.2) is 11.6 Å². The smallest absolute Gasteiger partial charge is 0.165 e. The molecular formula is C14H15FO2S. The van der Waals surface area contributed by atoms with Crippen LogP contribution in [0.5, 0.6) is 5.75 Å². The SMILES string of the molecule is Cc1ccc(C(CO)COc2ccccc2F)s1. The van der Waals surface area contributed by atoms with E-state index < -0.39 is 0 Å². The topological polar surface area (TPSA) is 29.5 Å². The average molecular weight is 266 g/mol. The molecule has 0 aliphatic heterocycles. The molecule has 0 aliphatic rings. The number of benzene rings is 1. The molecule has 1 aromatic carbocycles. The molecule has 1 unspecified atom stereocenters. The molecule has 4 heteroatoms. The Hall–Kier alpha value is -1.39. The highest BCUT2D eigenvalue weighted by atomic mass is 32.1. The van der Waals surface area contributed by atoms with E-state index >= 15 is 0 Å². The van der Waals surface area contributed by atoms with Gasteiger partial charge in [-0.05, 0) is 31.2 Å². The Balaban J connectivity index is 2.02. The maximum atomic E-state index is 13.4. The first-order valence-corrected chi connectivity index (χ1v) is 6.57. The van der Waals surface area contributed by atoms with Gasteiger partial charge in [-0.15, -0.1) is 11.3 Å². The molecule has 1 heterocycles. The monoisotopic (exact) mass is 266 g/mol. The summed E-state index contributed by atoms with van der Waals surface area (Å²) in [7, 11) is 0. The molecule has 1 N–H and O–H groups in total. The summed E-state index contributed by atoms with van der Waals surface area (Å²) in [5.74, 6) is -0.260. The molecule has 2 aromatic rings. The van der Waals surface area contributed by atoms with Crippen LogP contribution in [0.15, 0.2) is 36.4 Å². The molecule has 2 nitrogen and oxygen atoms in total. The van der Waals surface area contributed by atoms with Gasteiger partial charge in [-0.25, -0.2) is 4.39 Å². The van der Waals surface area contributed by atoms with Gasteiger partial charge < -0.3 is 9.84 Å². The van der Waals surface area contributed by atoms with Gasteiger partial charge in [0, 0.05) is 9.75 Å². The van der Waals surface area contributed by atoms with Crippen molar-refractivity contribution in [2.24, 2.45) is 0 Å². The van der Waals surface area contributed by atoms with Gasteiger partial charge in [0.05, 0.1) is 19.1 Å². The molecule has 0 aliphatic carbocycles. The van der Waals surface area contributed by atoms with Crippen molar-refractivity contribution in [1.29, 1.82) is 0 Å². The van der Waals surface area contributed by atoms with Gasteiger partial charge >= 0.3 is 0 Å². The minimum atomic E-state index is -0.378. The predicted octanol–water partition coefficient (Wildman–Crippen LogP) is 3.35. The number of thiophene rings is 1. The minimum absolute atomic E-state index is 0.00555. The second-order valence-electron chi connectivity index (χ2n) is 4.07. The normalized spacial score (nSPS) is 12.4. The Morgan fingerprint density at radius 1 is 1.28 bits per heavy atom.